The van der Waals surface area contributed by atoms with Crippen molar-refractivity contribution in [2.24, 2.45) is 0 Å². The van der Waals surface area contributed by atoms with Crippen LogP contribution in [0.5, 0.6) is 0 Å². The zero-order chi connectivity index (χ0) is 7.94. The van der Waals surface area contributed by atoms with Gasteiger partial charge < -0.3 is 0 Å². The van der Waals surface area contributed by atoms with E-state index in [1.54, 1.807) is 0 Å². The normalized spacial score (nSPS) is 14.9. The number of unbranched alkanes of at least 4 members (excludes halogenated alkanes) is 2. The summed E-state index contributed by atoms with van der Waals surface area (Å²) in [4.78, 5) is 0. The van der Waals surface area contributed by atoms with Crippen molar-refractivity contribution in [3.05, 3.63) is 36.0 Å². The van der Waals surface area contributed by atoms with E-state index in [2.05, 4.69) is 37.3 Å². The monoisotopic (exact) mass is 156 g/mol. The summed E-state index contributed by atoms with van der Waals surface area (Å²) < 4.78 is 0. The number of rotatable bonds is 4. The van der Waals surface area contributed by atoms with E-state index in [0.717, 1.165) is 6.42 Å². The van der Waals surface area contributed by atoms with Crippen molar-refractivity contribution in [2.75, 3.05) is 0 Å². The Kier molecular flexibility index (Phi) is 7.35. The standard InChI is InChI=1S/C11H16.Li.H/c1-2-3-4-5-8-11-9-6-7-10-11;;/h5-9H,2-4,10H2,1H3;;. The van der Waals surface area contributed by atoms with Gasteiger partial charge in [0.25, 0.3) is 0 Å². The molecular weight excluding hydrogens is 139 g/mol. The SMILES string of the molecule is CCCCC=CC1=CC=CC1.[LiH]. The van der Waals surface area contributed by atoms with Gasteiger partial charge in [0, 0.05) is 0 Å². The Hall–Kier alpha value is -0.183. The Balaban J connectivity index is 0.00000121. The van der Waals surface area contributed by atoms with E-state index in [-0.39, 0.29) is 18.9 Å². The first kappa shape index (κ1) is 11.8. The van der Waals surface area contributed by atoms with Crippen LogP contribution in [0.2, 0.25) is 0 Å². The summed E-state index contributed by atoms with van der Waals surface area (Å²) in [5, 5.41) is 0. The summed E-state index contributed by atoms with van der Waals surface area (Å²) in [7, 11) is 0. The van der Waals surface area contributed by atoms with E-state index in [1.807, 2.05) is 0 Å². The van der Waals surface area contributed by atoms with Crippen LogP contribution in [0.25, 0.3) is 0 Å². The summed E-state index contributed by atoms with van der Waals surface area (Å²) >= 11 is 0. The third kappa shape index (κ3) is 4.65. The molecule has 0 saturated heterocycles. The van der Waals surface area contributed by atoms with Crippen molar-refractivity contribution >= 4 is 18.9 Å². The third-order valence-corrected chi connectivity index (χ3v) is 1.86. The minimum absolute atomic E-state index is 0. The molecule has 0 unspecified atom stereocenters. The van der Waals surface area contributed by atoms with Crippen LogP contribution in [0, 0.1) is 0 Å². The van der Waals surface area contributed by atoms with Crippen LogP contribution in [-0.4, -0.2) is 18.9 Å². The molecule has 0 aromatic carbocycles. The molecular formula is C11H17Li. The zero-order valence-electron chi connectivity index (χ0n) is 7.22. The van der Waals surface area contributed by atoms with Crippen molar-refractivity contribution in [3.63, 3.8) is 0 Å². The summed E-state index contributed by atoms with van der Waals surface area (Å²) in [6.45, 7) is 2.23. The predicted octanol–water partition coefficient (Wildman–Crippen LogP) is 2.97. The molecule has 1 heteroatoms. The van der Waals surface area contributed by atoms with Crippen LogP contribution >= 0.6 is 0 Å². The molecule has 1 rings (SSSR count). The van der Waals surface area contributed by atoms with E-state index >= 15 is 0 Å². The molecule has 0 N–H and O–H groups in total. The molecule has 0 aliphatic heterocycles. The maximum absolute atomic E-state index is 2.28. The van der Waals surface area contributed by atoms with Crippen molar-refractivity contribution in [2.45, 2.75) is 32.6 Å². The van der Waals surface area contributed by atoms with Gasteiger partial charge in [-0.2, -0.15) is 0 Å². The predicted molar refractivity (Wildman–Crippen MR) is 57.7 cm³/mol. The molecule has 0 aromatic rings. The van der Waals surface area contributed by atoms with Gasteiger partial charge in [0.2, 0.25) is 0 Å². The topological polar surface area (TPSA) is 0 Å². The van der Waals surface area contributed by atoms with E-state index in [4.69, 9.17) is 0 Å². The van der Waals surface area contributed by atoms with Crippen LogP contribution in [-0.2, 0) is 0 Å². The Morgan fingerprint density at radius 3 is 2.92 bits per heavy atom. The van der Waals surface area contributed by atoms with Crippen molar-refractivity contribution < 1.29 is 0 Å². The number of hydrogen-bond donors (Lipinski definition) is 0. The van der Waals surface area contributed by atoms with Gasteiger partial charge in [0.1, 0.15) is 0 Å². The van der Waals surface area contributed by atoms with Crippen LogP contribution in [0.3, 0.4) is 0 Å². The van der Waals surface area contributed by atoms with Gasteiger partial charge in [-0.1, -0.05) is 50.1 Å². The second-order valence-corrected chi connectivity index (χ2v) is 2.92. The molecule has 1 aliphatic carbocycles. The fourth-order valence-electron chi connectivity index (χ4n) is 1.14. The van der Waals surface area contributed by atoms with Gasteiger partial charge in [-0.15, -0.1) is 0 Å². The first-order chi connectivity index (χ1) is 5.43. The molecule has 0 atom stereocenters. The second kappa shape index (κ2) is 7.47. The molecule has 12 heavy (non-hydrogen) atoms. The van der Waals surface area contributed by atoms with Crippen molar-refractivity contribution in [1.82, 2.24) is 0 Å². The molecule has 0 bridgehead atoms. The Bertz CT molecular complexity index is 187. The molecule has 62 valence electrons. The quantitative estimate of drug-likeness (QED) is 0.433. The average molecular weight is 156 g/mol. The molecule has 0 nitrogen and oxygen atoms in total. The third-order valence-electron chi connectivity index (χ3n) is 1.86. The molecule has 0 radical (unpaired) electrons. The van der Waals surface area contributed by atoms with E-state index in [1.165, 1.54) is 24.8 Å². The summed E-state index contributed by atoms with van der Waals surface area (Å²) in [6, 6.07) is 0. The second-order valence-electron chi connectivity index (χ2n) is 2.92. The Morgan fingerprint density at radius 1 is 1.50 bits per heavy atom. The maximum atomic E-state index is 2.28. The molecule has 0 heterocycles. The van der Waals surface area contributed by atoms with Crippen LogP contribution in [0.1, 0.15) is 32.6 Å². The van der Waals surface area contributed by atoms with Crippen molar-refractivity contribution in [3.8, 4) is 0 Å². The molecule has 0 spiro atoms. The van der Waals surface area contributed by atoms with E-state index in [9.17, 15) is 0 Å². The van der Waals surface area contributed by atoms with E-state index < -0.39 is 0 Å². The molecule has 0 fully saturated rings. The van der Waals surface area contributed by atoms with Gasteiger partial charge in [0.15, 0.2) is 0 Å². The van der Waals surface area contributed by atoms with Gasteiger partial charge in [0.05, 0.1) is 0 Å². The molecule has 0 saturated carbocycles. The Morgan fingerprint density at radius 2 is 2.33 bits per heavy atom. The summed E-state index contributed by atoms with van der Waals surface area (Å²) in [6.07, 6.45) is 16.0. The average Bonchev–Trinajstić information content (AvgIpc) is 2.50. The number of allylic oxidation sites excluding steroid dienone is 6. The Labute approximate surface area is 87.6 Å². The van der Waals surface area contributed by atoms with E-state index in [0.29, 0.717) is 0 Å². The van der Waals surface area contributed by atoms with Crippen LogP contribution in [0.4, 0.5) is 0 Å². The summed E-state index contributed by atoms with van der Waals surface area (Å²) in [5.41, 5.74) is 1.45. The van der Waals surface area contributed by atoms with Gasteiger partial charge >= 0.3 is 18.9 Å². The van der Waals surface area contributed by atoms with Gasteiger partial charge in [-0.25, -0.2) is 0 Å². The fraction of sp³-hybridized carbons (Fsp3) is 0.455. The fourth-order valence-corrected chi connectivity index (χ4v) is 1.14. The molecule has 0 amide bonds. The first-order valence-electron chi connectivity index (χ1n) is 4.45. The van der Waals surface area contributed by atoms with Crippen LogP contribution < -0.4 is 0 Å². The van der Waals surface area contributed by atoms with Crippen molar-refractivity contribution in [1.29, 1.82) is 0 Å². The molecule has 1 aliphatic rings. The molecule has 0 aromatic heterocycles. The summed E-state index contributed by atoms with van der Waals surface area (Å²) in [5.74, 6) is 0. The van der Waals surface area contributed by atoms with Crippen LogP contribution in [0.15, 0.2) is 36.0 Å². The first-order valence-corrected chi connectivity index (χ1v) is 4.45. The zero-order valence-corrected chi connectivity index (χ0v) is 7.22. The minimum atomic E-state index is 0. The van der Waals surface area contributed by atoms with Gasteiger partial charge in [-0.05, 0) is 18.4 Å². The van der Waals surface area contributed by atoms with Gasteiger partial charge in [-0.3, -0.25) is 0 Å². The number of hydrogen-bond acceptors (Lipinski definition) is 0.